The van der Waals surface area contributed by atoms with Crippen LogP contribution in [0.25, 0.3) is 11.2 Å². The van der Waals surface area contributed by atoms with E-state index < -0.39 is 36.6 Å². The van der Waals surface area contributed by atoms with Crippen molar-refractivity contribution in [3.05, 3.63) is 90.4 Å². The molecule has 0 saturated heterocycles. The SMILES string of the molecule is C[C@H](Cn1cnc2c(N)ccnc21)OCP(=O)(NC(C)(C)C(=O)OC1CCC(c2ccccc2)CC1)NC(C)(C)C(=O)OC1CCC(c2ccccc2)CC1. The van der Waals surface area contributed by atoms with Crippen LogP contribution in [0.15, 0.2) is 79.3 Å². The maximum atomic E-state index is 15.0. The largest absolute Gasteiger partial charge is 0.461 e. The second-order valence-electron chi connectivity index (χ2n) is 16.4. The summed E-state index contributed by atoms with van der Waals surface area (Å²) in [4.78, 5) is 36.3. The number of carbonyl (C=O) groups is 2. The number of nitrogens with one attached hydrogen (secondary N) is 2. The van der Waals surface area contributed by atoms with Crippen LogP contribution < -0.4 is 15.9 Å². The quantitative estimate of drug-likeness (QED) is 0.0798. The van der Waals surface area contributed by atoms with Crippen molar-refractivity contribution in [1.82, 2.24) is 24.7 Å². The molecule has 296 valence electrons. The Morgan fingerprint density at radius 1 is 0.782 bits per heavy atom. The second-order valence-corrected chi connectivity index (χ2v) is 18.6. The minimum absolute atomic E-state index is 0.242. The molecule has 0 radical (unpaired) electrons. The topological polar surface area (TPSA) is 160 Å². The Labute approximate surface area is 324 Å². The molecule has 2 aromatic heterocycles. The average Bonchev–Trinajstić information content (AvgIpc) is 3.58. The van der Waals surface area contributed by atoms with Gasteiger partial charge in [-0.2, -0.15) is 0 Å². The first-order valence-electron chi connectivity index (χ1n) is 19.6. The van der Waals surface area contributed by atoms with Crippen molar-refractivity contribution >= 4 is 36.2 Å². The number of nitrogens with zero attached hydrogens (tertiary/aromatic N) is 3. The van der Waals surface area contributed by atoms with Gasteiger partial charge < -0.3 is 24.5 Å². The van der Waals surface area contributed by atoms with Gasteiger partial charge in [-0.15, -0.1) is 0 Å². The highest BCUT2D eigenvalue weighted by Gasteiger charge is 2.44. The molecule has 2 aliphatic carbocycles. The number of imidazole rings is 1. The number of benzene rings is 2. The molecular weight excluding hydrogens is 715 g/mol. The number of rotatable bonds is 15. The zero-order chi connectivity index (χ0) is 39.2. The van der Waals surface area contributed by atoms with Crippen molar-refractivity contribution in [2.24, 2.45) is 0 Å². The van der Waals surface area contributed by atoms with Crippen molar-refractivity contribution < 1.29 is 28.4 Å². The number of anilines is 1. The summed E-state index contributed by atoms with van der Waals surface area (Å²) >= 11 is 0. The molecular formula is C42H57N6O6P. The Morgan fingerprint density at radius 2 is 1.25 bits per heavy atom. The van der Waals surface area contributed by atoms with Crippen LogP contribution in [-0.4, -0.2) is 62.2 Å². The highest BCUT2D eigenvalue weighted by atomic mass is 31.2. The summed E-state index contributed by atoms with van der Waals surface area (Å²) in [7, 11) is -3.86. The standard InChI is InChI=1S/C42H57N6O6P/c1-29(26-48-27-45-37-36(43)24-25-44-38(37)48)52-28-55(51,46-41(2,3)39(49)53-34-20-16-32(17-21-34)30-12-8-6-9-13-30)47-42(4,5)40(50)54-35-22-18-33(19-23-35)31-14-10-7-11-15-31/h6-15,24-25,27,29,32-35H,16-23,26,28H2,1-5H3,(H2,43,44)(H2,46,47,51)/t29-,32?,33?,34?,35?,55?/m1/s1. The van der Waals surface area contributed by atoms with Crippen LogP contribution in [-0.2, 0) is 34.9 Å². The number of hydrogen-bond donors (Lipinski definition) is 3. The Bertz CT molecular complexity index is 1850. The minimum atomic E-state index is -3.86. The summed E-state index contributed by atoms with van der Waals surface area (Å²) in [6, 6.07) is 22.5. The fourth-order valence-electron chi connectivity index (χ4n) is 7.84. The molecule has 2 aliphatic rings. The Balaban J connectivity index is 1.11. The zero-order valence-electron chi connectivity index (χ0n) is 32.8. The van der Waals surface area contributed by atoms with Gasteiger partial charge in [-0.1, -0.05) is 60.7 Å². The van der Waals surface area contributed by atoms with E-state index in [1.54, 1.807) is 46.3 Å². The number of ether oxygens (including phenoxy) is 3. The van der Waals surface area contributed by atoms with Gasteiger partial charge in [0, 0.05) is 6.20 Å². The number of pyridine rings is 1. The number of nitrogens with two attached hydrogens (primary N) is 1. The monoisotopic (exact) mass is 772 g/mol. The van der Waals surface area contributed by atoms with Crippen molar-refractivity contribution in [2.75, 3.05) is 12.1 Å². The molecule has 0 unspecified atom stereocenters. The van der Waals surface area contributed by atoms with Crippen LogP contribution in [0.3, 0.4) is 0 Å². The molecule has 6 rings (SSSR count). The minimum Gasteiger partial charge on any atom is -0.461 e. The predicted molar refractivity (Wildman–Crippen MR) is 214 cm³/mol. The van der Waals surface area contributed by atoms with Gasteiger partial charge >= 0.3 is 11.9 Å². The second kappa shape index (κ2) is 17.4. The normalized spacial score (nSPS) is 22.4. The van der Waals surface area contributed by atoms with E-state index >= 15 is 0 Å². The van der Waals surface area contributed by atoms with Gasteiger partial charge in [0.1, 0.15) is 35.2 Å². The highest BCUT2D eigenvalue weighted by molar-refractivity contribution is 7.59. The van der Waals surface area contributed by atoms with E-state index in [2.05, 4.69) is 68.7 Å². The number of hydrogen-bond acceptors (Lipinski definition) is 9. The van der Waals surface area contributed by atoms with E-state index in [1.807, 2.05) is 23.6 Å². The lowest BCUT2D eigenvalue weighted by molar-refractivity contribution is -0.157. The molecule has 13 heteroatoms. The molecule has 2 fully saturated rings. The summed E-state index contributed by atoms with van der Waals surface area (Å²) in [6.07, 6.45) is 8.64. The van der Waals surface area contributed by atoms with Gasteiger partial charge in [0.15, 0.2) is 5.65 Å². The van der Waals surface area contributed by atoms with Crippen molar-refractivity contribution in [2.45, 2.75) is 134 Å². The summed E-state index contributed by atoms with van der Waals surface area (Å²) in [5, 5.41) is 6.15. The number of esters is 2. The Morgan fingerprint density at radius 3 is 1.73 bits per heavy atom. The predicted octanol–water partition coefficient (Wildman–Crippen LogP) is 7.84. The van der Waals surface area contributed by atoms with Gasteiger partial charge in [-0.25, -0.2) is 20.1 Å². The first-order valence-corrected chi connectivity index (χ1v) is 21.5. The lowest BCUT2D eigenvalue weighted by atomic mass is 9.83. The molecule has 2 aromatic carbocycles. The van der Waals surface area contributed by atoms with E-state index in [-0.39, 0.29) is 18.6 Å². The smallest absolute Gasteiger partial charge is 0.326 e. The molecule has 0 amide bonds. The van der Waals surface area contributed by atoms with Crippen LogP contribution in [0, 0.1) is 0 Å². The molecule has 0 aliphatic heterocycles. The van der Waals surface area contributed by atoms with E-state index in [4.69, 9.17) is 19.9 Å². The van der Waals surface area contributed by atoms with Crippen LogP contribution in [0.5, 0.6) is 0 Å². The third kappa shape index (κ3) is 10.4. The number of nitrogen functional groups attached to an aromatic ring is 1. The van der Waals surface area contributed by atoms with Gasteiger partial charge in [0.25, 0.3) is 0 Å². The number of fused-ring (bicyclic) bond motifs is 1. The van der Waals surface area contributed by atoms with Crippen molar-refractivity contribution in [3.8, 4) is 0 Å². The third-order valence-corrected chi connectivity index (χ3v) is 13.3. The first-order chi connectivity index (χ1) is 26.2. The summed E-state index contributed by atoms with van der Waals surface area (Å²) in [6.45, 7) is 8.78. The molecule has 0 spiro atoms. The molecule has 1 atom stereocenters. The lowest BCUT2D eigenvalue weighted by Gasteiger charge is -2.37. The summed E-state index contributed by atoms with van der Waals surface area (Å²) in [5.74, 6) is -0.176. The molecule has 4 aromatic rings. The first kappa shape index (κ1) is 40.6. The average molecular weight is 773 g/mol. The lowest BCUT2D eigenvalue weighted by Crippen LogP contribution is -2.54. The van der Waals surface area contributed by atoms with Crippen molar-refractivity contribution in [1.29, 1.82) is 0 Å². The maximum absolute atomic E-state index is 15.0. The van der Waals surface area contributed by atoms with Crippen LogP contribution >= 0.6 is 7.44 Å². The molecule has 4 N–H and O–H groups in total. The molecule has 2 saturated carbocycles. The molecule has 55 heavy (non-hydrogen) atoms. The van der Waals surface area contributed by atoms with Gasteiger partial charge in [0.2, 0.25) is 7.44 Å². The molecule has 2 heterocycles. The molecule has 12 nitrogen and oxygen atoms in total. The fraction of sp³-hybridized carbons (Fsp3) is 0.524. The maximum Gasteiger partial charge on any atom is 0.326 e. The van der Waals surface area contributed by atoms with Gasteiger partial charge in [0.05, 0.1) is 24.7 Å². The summed E-state index contributed by atoms with van der Waals surface area (Å²) < 4.78 is 35.1. The zero-order valence-corrected chi connectivity index (χ0v) is 33.7. The third-order valence-electron chi connectivity index (χ3n) is 10.9. The van der Waals surface area contributed by atoms with Gasteiger partial charge in [-0.3, -0.25) is 14.2 Å². The van der Waals surface area contributed by atoms with Crippen LogP contribution in [0.4, 0.5) is 5.69 Å². The van der Waals surface area contributed by atoms with Crippen molar-refractivity contribution in [3.63, 3.8) is 0 Å². The number of aromatic nitrogens is 3. The van der Waals surface area contributed by atoms with E-state index in [0.29, 0.717) is 35.2 Å². The Kier molecular flexibility index (Phi) is 12.8. The highest BCUT2D eigenvalue weighted by Crippen LogP contribution is 2.43. The van der Waals surface area contributed by atoms with Gasteiger partial charge in [-0.05, 0) is 115 Å². The van der Waals surface area contributed by atoms with Crippen LogP contribution in [0.1, 0.15) is 109 Å². The van der Waals surface area contributed by atoms with E-state index in [1.165, 1.54) is 11.1 Å². The molecule has 0 bridgehead atoms. The fourth-order valence-corrected chi connectivity index (χ4v) is 10.5. The summed E-state index contributed by atoms with van der Waals surface area (Å²) in [5.41, 5.74) is 7.64. The Hall–Kier alpha value is -4.09. The van der Waals surface area contributed by atoms with E-state index in [0.717, 1.165) is 51.4 Å². The number of carbonyl (C=O) groups excluding carboxylic acids is 2. The van der Waals surface area contributed by atoms with E-state index in [9.17, 15) is 14.2 Å². The van der Waals surface area contributed by atoms with Crippen LogP contribution in [0.2, 0.25) is 0 Å².